The molecule has 0 N–H and O–H groups in total. The molecular formula is C16H8F3NO2. The third-order valence-corrected chi connectivity index (χ3v) is 2.98. The molecule has 1 aliphatic heterocycles. The molecule has 0 unspecified atom stereocenters. The molecule has 22 heavy (non-hydrogen) atoms. The first-order chi connectivity index (χ1) is 10.5. The minimum absolute atomic E-state index is 0.0214. The summed E-state index contributed by atoms with van der Waals surface area (Å²) in [5.74, 6) is -3.19. The van der Waals surface area contributed by atoms with Crippen LogP contribution in [0.3, 0.4) is 0 Å². The van der Waals surface area contributed by atoms with Gasteiger partial charge in [0.05, 0.1) is 5.56 Å². The summed E-state index contributed by atoms with van der Waals surface area (Å²) in [6.07, 6.45) is 1.12. The Labute approximate surface area is 123 Å². The smallest absolute Gasteiger partial charge is 0.363 e. The van der Waals surface area contributed by atoms with Gasteiger partial charge in [-0.05, 0) is 30.3 Å². The fraction of sp³-hybridized carbons (Fsp3) is 0. The number of benzene rings is 2. The van der Waals surface area contributed by atoms with Crippen molar-refractivity contribution in [3.63, 3.8) is 0 Å². The third-order valence-electron chi connectivity index (χ3n) is 2.98. The minimum atomic E-state index is -0.838. The number of esters is 1. The van der Waals surface area contributed by atoms with Crippen molar-refractivity contribution in [3.05, 3.63) is 76.7 Å². The standard InChI is InChI=1S/C16H8F3NO2/c17-10-6-5-9(13(19)8-10)7-14-16(21)22-15(20-14)11-3-1-2-4-12(11)18/h1-8H/b14-7-. The Morgan fingerprint density at radius 1 is 1.00 bits per heavy atom. The van der Waals surface area contributed by atoms with Gasteiger partial charge in [-0.2, -0.15) is 0 Å². The van der Waals surface area contributed by atoms with Gasteiger partial charge in [0.1, 0.15) is 17.5 Å². The molecule has 3 rings (SSSR count). The van der Waals surface area contributed by atoms with Gasteiger partial charge in [-0.1, -0.05) is 12.1 Å². The van der Waals surface area contributed by atoms with E-state index < -0.39 is 23.4 Å². The van der Waals surface area contributed by atoms with Crippen molar-refractivity contribution in [2.45, 2.75) is 0 Å². The highest BCUT2D eigenvalue weighted by Gasteiger charge is 2.26. The summed E-state index contributed by atoms with van der Waals surface area (Å²) in [4.78, 5) is 15.6. The quantitative estimate of drug-likeness (QED) is 0.629. The lowest BCUT2D eigenvalue weighted by Crippen LogP contribution is -2.07. The summed E-state index contributed by atoms with van der Waals surface area (Å²) in [5, 5.41) is 0. The van der Waals surface area contributed by atoms with Crippen LogP contribution in [0.5, 0.6) is 0 Å². The number of halogens is 3. The van der Waals surface area contributed by atoms with Crippen molar-refractivity contribution in [2.24, 2.45) is 4.99 Å². The van der Waals surface area contributed by atoms with Gasteiger partial charge in [-0.15, -0.1) is 0 Å². The van der Waals surface area contributed by atoms with E-state index in [1.807, 2.05) is 0 Å². The van der Waals surface area contributed by atoms with Crippen LogP contribution in [0.1, 0.15) is 11.1 Å². The topological polar surface area (TPSA) is 38.7 Å². The number of nitrogens with zero attached hydrogens (tertiary/aromatic N) is 1. The molecule has 0 saturated heterocycles. The lowest BCUT2D eigenvalue weighted by molar-refractivity contribution is -0.129. The molecule has 1 heterocycles. The van der Waals surface area contributed by atoms with Crippen LogP contribution in [-0.4, -0.2) is 11.9 Å². The summed E-state index contributed by atoms with van der Waals surface area (Å²) in [6, 6.07) is 8.57. The predicted molar refractivity (Wildman–Crippen MR) is 73.4 cm³/mol. The van der Waals surface area contributed by atoms with E-state index >= 15 is 0 Å². The fourth-order valence-corrected chi connectivity index (χ4v) is 1.92. The number of hydrogen-bond donors (Lipinski definition) is 0. The molecule has 2 aromatic carbocycles. The molecule has 0 amide bonds. The van der Waals surface area contributed by atoms with Gasteiger partial charge in [0.25, 0.3) is 0 Å². The molecule has 0 atom stereocenters. The van der Waals surface area contributed by atoms with E-state index in [1.165, 1.54) is 24.3 Å². The fourth-order valence-electron chi connectivity index (χ4n) is 1.92. The maximum absolute atomic E-state index is 13.6. The molecule has 2 aromatic rings. The average molecular weight is 303 g/mol. The molecule has 0 bridgehead atoms. The van der Waals surface area contributed by atoms with Gasteiger partial charge >= 0.3 is 5.97 Å². The molecule has 0 aliphatic carbocycles. The first kappa shape index (κ1) is 14.1. The van der Waals surface area contributed by atoms with Gasteiger partial charge in [-0.3, -0.25) is 0 Å². The Bertz CT molecular complexity index is 828. The summed E-state index contributed by atoms with van der Waals surface area (Å²) >= 11 is 0. The Kier molecular flexibility index (Phi) is 3.50. The molecule has 110 valence electrons. The molecular weight excluding hydrogens is 295 g/mol. The molecule has 1 aliphatic rings. The van der Waals surface area contributed by atoms with Gasteiger partial charge in [0, 0.05) is 11.6 Å². The highest BCUT2D eigenvalue weighted by Crippen LogP contribution is 2.21. The second-order valence-electron chi connectivity index (χ2n) is 4.48. The molecule has 0 radical (unpaired) electrons. The number of cyclic esters (lactones) is 1. The molecule has 0 saturated carbocycles. The number of hydrogen-bond acceptors (Lipinski definition) is 3. The molecule has 0 aromatic heterocycles. The number of ether oxygens (including phenoxy) is 1. The van der Waals surface area contributed by atoms with Crippen molar-refractivity contribution in [1.29, 1.82) is 0 Å². The highest BCUT2D eigenvalue weighted by molar-refractivity contribution is 6.12. The number of carbonyl (C=O) groups is 1. The van der Waals surface area contributed by atoms with Crippen LogP contribution in [0.4, 0.5) is 13.2 Å². The zero-order valence-electron chi connectivity index (χ0n) is 11.0. The summed E-state index contributed by atoms with van der Waals surface area (Å²) < 4.78 is 44.9. The number of rotatable bonds is 2. The maximum atomic E-state index is 13.6. The SMILES string of the molecule is O=C1OC(c2ccccc2F)=N/C1=C\c1ccc(F)cc1F. The van der Waals surface area contributed by atoms with E-state index in [0.29, 0.717) is 6.07 Å². The van der Waals surface area contributed by atoms with E-state index in [4.69, 9.17) is 4.74 Å². The van der Waals surface area contributed by atoms with Gasteiger partial charge in [0.15, 0.2) is 5.70 Å². The van der Waals surface area contributed by atoms with Gasteiger partial charge in [0.2, 0.25) is 5.90 Å². The molecule has 0 spiro atoms. The van der Waals surface area contributed by atoms with E-state index in [-0.39, 0.29) is 22.7 Å². The lowest BCUT2D eigenvalue weighted by Gasteiger charge is -1.99. The molecule has 0 fully saturated rings. The predicted octanol–water partition coefficient (Wildman–Crippen LogP) is 3.45. The van der Waals surface area contributed by atoms with Crippen molar-refractivity contribution < 1.29 is 22.7 Å². The normalized spacial score (nSPS) is 15.9. The van der Waals surface area contributed by atoms with Crippen LogP contribution < -0.4 is 0 Å². The average Bonchev–Trinajstić information content (AvgIpc) is 2.83. The van der Waals surface area contributed by atoms with Crippen LogP contribution in [-0.2, 0) is 9.53 Å². The van der Waals surface area contributed by atoms with Crippen molar-refractivity contribution in [3.8, 4) is 0 Å². The lowest BCUT2D eigenvalue weighted by atomic mass is 10.2. The van der Waals surface area contributed by atoms with Crippen molar-refractivity contribution >= 4 is 17.9 Å². The van der Waals surface area contributed by atoms with E-state index in [2.05, 4.69) is 4.99 Å². The second-order valence-corrected chi connectivity index (χ2v) is 4.48. The maximum Gasteiger partial charge on any atom is 0.363 e. The van der Waals surface area contributed by atoms with E-state index in [9.17, 15) is 18.0 Å². The monoisotopic (exact) mass is 303 g/mol. The first-order valence-electron chi connectivity index (χ1n) is 6.27. The molecule has 3 nitrogen and oxygen atoms in total. The summed E-state index contributed by atoms with van der Waals surface area (Å²) in [5.41, 5.74) is -0.186. The van der Waals surface area contributed by atoms with Gasteiger partial charge < -0.3 is 4.74 Å². The van der Waals surface area contributed by atoms with Crippen LogP contribution in [0.25, 0.3) is 6.08 Å². The Morgan fingerprint density at radius 3 is 2.50 bits per heavy atom. The highest BCUT2D eigenvalue weighted by atomic mass is 19.1. The zero-order valence-corrected chi connectivity index (χ0v) is 11.0. The summed E-state index contributed by atoms with van der Waals surface area (Å²) in [7, 11) is 0. The van der Waals surface area contributed by atoms with Crippen LogP contribution in [0, 0.1) is 17.5 Å². The second kappa shape index (κ2) is 5.48. The summed E-state index contributed by atoms with van der Waals surface area (Å²) in [6.45, 7) is 0. The number of carbonyl (C=O) groups excluding carboxylic acids is 1. The number of aliphatic imine (C=N–C) groups is 1. The van der Waals surface area contributed by atoms with Crippen molar-refractivity contribution in [2.75, 3.05) is 0 Å². The van der Waals surface area contributed by atoms with E-state index in [0.717, 1.165) is 12.1 Å². The van der Waals surface area contributed by atoms with Crippen LogP contribution in [0.2, 0.25) is 0 Å². The zero-order chi connectivity index (χ0) is 15.7. The Morgan fingerprint density at radius 2 is 1.77 bits per heavy atom. The van der Waals surface area contributed by atoms with Crippen LogP contribution in [0.15, 0.2) is 53.2 Å². The van der Waals surface area contributed by atoms with Crippen molar-refractivity contribution in [1.82, 2.24) is 0 Å². The van der Waals surface area contributed by atoms with Crippen LogP contribution >= 0.6 is 0 Å². The Hall–Kier alpha value is -2.89. The van der Waals surface area contributed by atoms with E-state index in [1.54, 1.807) is 6.07 Å². The largest absolute Gasteiger partial charge is 0.402 e. The Balaban J connectivity index is 2.00. The van der Waals surface area contributed by atoms with Gasteiger partial charge in [-0.25, -0.2) is 23.0 Å². The first-order valence-corrected chi connectivity index (χ1v) is 6.27. The minimum Gasteiger partial charge on any atom is -0.402 e. The third kappa shape index (κ3) is 2.63. The molecule has 6 heteroatoms.